The third kappa shape index (κ3) is 2.69. The van der Waals surface area contributed by atoms with Crippen LogP contribution in [0.1, 0.15) is 12.3 Å². The third-order valence-corrected chi connectivity index (χ3v) is 2.40. The minimum absolute atomic E-state index is 0.0330. The van der Waals surface area contributed by atoms with Gasteiger partial charge in [-0.2, -0.15) is 4.98 Å². The molecule has 0 amide bonds. The van der Waals surface area contributed by atoms with Crippen molar-refractivity contribution in [1.29, 1.82) is 0 Å². The number of benzene rings is 1. The molecule has 2 aromatic rings. The number of nitrogens with two attached hydrogens (primary N) is 1. The van der Waals surface area contributed by atoms with E-state index in [-0.39, 0.29) is 5.69 Å². The summed E-state index contributed by atoms with van der Waals surface area (Å²) >= 11 is 0. The van der Waals surface area contributed by atoms with Crippen molar-refractivity contribution in [2.24, 2.45) is 5.73 Å². The Morgan fingerprint density at radius 1 is 1.33 bits per heavy atom. The number of aromatic nitrogens is 2. The molecule has 1 aromatic carbocycles. The van der Waals surface area contributed by atoms with E-state index in [1.54, 1.807) is 12.1 Å². The molecule has 0 radical (unpaired) electrons. The Bertz CT molecular complexity index is 535. The normalized spacial score (nSPS) is 10.5. The van der Waals surface area contributed by atoms with Gasteiger partial charge in [0, 0.05) is 24.1 Å². The van der Waals surface area contributed by atoms with Gasteiger partial charge in [-0.15, -0.1) is 0 Å². The summed E-state index contributed by atoms with van der Waals surface area (Å²) in [7, 11) is 0. The lowest BCUT2D eigenvalue weighted by molar-refractivity contribution is -0.384. The van der Waals surface area contributed by atoms with Gasteiger partial charge in [-0.1, -0.05) is 5.16 Å². The summed E-state index contributed by atoms with van der Waals surface area (Å²) < 4.78 is 5.05. The van der Waals surface area contributed by atoms with Crippen molar-refractivity contribution < 1.29 is 9.45 Å². The van der Waals surface area contributed by atoms with Crippen LogP contribution in [0.2, 0.25) is 0 Å². The van der Waals surface area contributed by atoms with E-state index in [0.717, 1.165) is 6.42 Å². The lowest BCUT2D eigenvalue weighted by Gasteiger charge is -1.93. The van der Waals surface area contributed by atoms with Crippen LogP contribution in [0.3, 0.4) is 0 Å². The Morgan fingerprint density at radius 3 is 2.67 bits per heavy atom. The molecule has 1 heterocycles. The summed E-state index contributed by atoms with van der Waals surface area (Å²) in [6, 6.07) is 6.00. The third-order valence-electron chi connectivity index (χ3n) is 2.40. The number of non-ortho nitro benzene ring substituents is 1. The highest BCUT2D eigenvalue weighted by atomic mass is 16.6. The molecule has 0 fully saturated rings. The molecule has 0 spiro atoms. The summed E-state index contributed by atoms with van der Waals surface area (Å²) in [6.45, 7) is 0.565. The van der Waals surface area contributed by atoms with Gasteiger partial charge < -0.3 is 10.3 Å². The second kappa shape index (κ2) is 5.37. The number of hydrogen-bond acceptors (Lipinski definition) is 6. The monoisotopic (exact) mass is 248 g/mol. The van der Waals surface area contributed by atoms with Crippen LogP contribution in [0.25, 0.3) is 11.4 Å². The number of nitrogens with zero attached hydrogens (tertiary/aromatic N) is 3. The quantitative estimate of drug-likeness (QED) is 0.635. The van der Waals surface area contributed by atoms with E-state index in [1.807, 2.05) is 0 Å². The molecular weight excluding hydrogens is 236 g/mol. The predicted octanol–water partition coefficient (Wildman–Crippen LogP) is 1.54. The van der Waals surface area contributed by atoms with Crippen molar-refractivity contribution in [3.8, 4) is 11.4 Å². The van der Waals surface area contributed by atoms with Crippen molar-refractivity contribution in [3.05, 3.63) is 40.3 Å². The highest BCUT2D eigenvalue weighted by molar-refractivity contribution is 5.56. The summed E-state index contributed by atoms with van der Waals surface area (Å²) in [6.07, 6.45) is 1.42. The van der Waals surface area contributed by atoms with Crippen molar-refractivity contribution in [2.75, 3.05) is 6.54 Å². The molecule has 2 N–H and O–H groups in total. The Labute approximate surface area is 103 Å². The van der Waals surface area contributed by atoms with Gasteiger partial charge in [0.15, 0.2) is 0 Å². The highest BCUT2D eigenvalue weighted by Gasteiger charge is 2.10. The first-order valence-electron chi connectivity index (χ1n) is 5.48. The van der Waals surface area contributed by atoms with Crippen LogP contribution in [0, 0.1) is 10.1 Å². The first kappa shape index (κ1) is 12.2. The second-order valence-corrected chi connectivity index (χ2v) is 3.71. The van der Waals surface area contributed by atoms with E-state index in [2.05, 4.69) is 10.1 Å². The smallest absolute Gasteiger partial charge is 0.269 e. The van der Waals surface area contributed by atoms with Crippen molar-refractivity contribution in [1.82, 2.24) is 10.1 Å². The van der Waals surface area contributed by atoms with E-state index in [0.29, 0.717) is 30.2 Å². The minimum Gasteiger partial charge on any atom is -0.339 e. The molecule has 0 saturated carbocycles. The van der Waals surface area contributed by atoms with Gasteiger partial charge in [-0.3, -0.25) is 10.1 Å². The van der Waals surface area contributed by atoms with Crippen LogP contribution in [-0.2, 0) is 6.42 Å². The summed E-state index contributed by atoms with van der Waals surface area (Å²) in [5.74, 6) is 0.950. The number of rotatable bonds is 5. The predicted molar refractivity (Wildman–Crippen MR) is 63.8 cm³/mol. The van der Waals surface area contributed by atoms with E-state index >= 15 is 0 Å². The van der Waals surface area contributed by atoms with E-state index in [1.165, 1.54) is 12.1 Å². The molecule has 0 bridgehead atoms. The zero-order valence-corrected chi connectivity index (χ0v) is 9.57. The second-order valence-electron chi connectivity index (χ2n) is 3.71. The van der Waals surface area contributed by atoms with Gasteiger partial charge in [0.1, 0.15) is 0 Å². The van der Waals surface area contributed by atoms with Crippen molar-refractivity contribution >= 4 is 5.69 Å². The fourth-order valence-electron chi connectivity index (χ4n) is 1.46. The molecule has 0 unspecified atom stereocenters. The summed E-state index contributed by atoms with van der Waals surface area (Å²) in [4.78, 5) is 14.3. The molecule has 7 heteroatoms. The Morgan fingerprint density at radius 2 is 2.06 bits per heavy atom. The maximum absolute atomic E-state index is 10.5. The maximum atomic E-state index is 10.5. The Kier molecular flexibility index (Phi) is 3.63. The highest BCUT2D eigenvalue weighted by Crippen LogP contribution is 2.19. The molecule has 2 rings (SSSR count). The lowest BCUT2D eigenvalue weighted by Crippen LogP contribution is -2.00. The van der Waals surface area contributed by atoms with Crippen LogP contribution in [0.4, 0.5) is 5.69 Å². The first-order chi connectivity index (χ1) is 8.70. The number of hydrogen-bond donors (Lipinski definition) is 1. The van der Waals surface area contributed by atoms with Crippen LogP contribution >= 0.6 is 0 Å². The molecule has 0 atom stereocenters. The first-order valence-corrected chi connectivity index (χ1v) is 5.48. The standard InChI is InChI=1S/C11H12N4O3/c12-7-1-2-10-13-11(14-18-10)8-3-5-9(6-4-8)15(16)17/h3-6H,1-2,7,12H2. The number of nitro groups is 1. The minimum atomic E-state index is -0.452. The fraction of sp³-hybridized carbons (Fsp3) is 0.273. The molecule has 7 nitrogen and oxygen atoms in total. The lowest BCUT2D eigenvalue weighted by atomic mass is 10.2. The summed E-state index contributed by atoms with van der Waals surface area (Å²) in [5, 5.41) is 14.3. The molecule has 0 aliphatic carbocycles. The van der Waals surface area contributed by atoms with Crippen LogP contribution in [0.5, 0.6) is 0 Å². The van der Waals surface area contributed by atoms with E-state index in [4.69, 9.17) is 10.3 Å². The average Bonchev–Trinajstić information content (AvgIpc) is 2.85. The van der Waals surface area contributed by atoms with Gasteiger partial charge in [-0.25, -0.2) is 0 Å². The summed E-state index contributed by atoms with van der Waals surface area (Å²) in [5.41, 5.74) is 6.10. The Hall–Kier alpha value is -2.28. The molecule has 1 aromatic heterocycles. The van der Waals surface area contributed by atoms with Gasteiger partial charge in [0.05, 0.1) is 4.92 Å². The van der Waals surface area contributed by atoms with E-state index in [9.17, 15) is 10.1 Å². The van der Waals surface area contributed by atoms with Crippen LogP contribution in [0.15, 0.2) is 28.8 Å². The van der Waals surface area contributed by atoms with Gasteiger partial charge in [0.2, 0.25) is 11.7 Å². The van der Waals surface area contributed by atoms with Crippen LogP contribution < -0.4 is 5.73 Å². The SMILES string of the molecule is NCCCc1nc(-c2ccc([N+](=O)[O-])cc2)no1. The number of nitro benzene ring substituents is 1. The molecular formula is C11H12N4O3. The fourth-order valence-corrected chi connectivity index (χ4v) is 1.46. The Balaban J connectivity index is 2.15. The van der Waals surface area contributed by atoms with Gasteiger partial charge >= 0.3 is 0 Å². The molecule has 18 heavy (non-hydrogen) atoms. The molecule has 0 saturated heterocycles. The largest absolute Gasteiger partial charge is 0.339 e. The average molecular weight is 248 g/mol. The molecule has 94 valence electrons. The molecule has 0 aliphatic heterocycles. The number of aryl methyl sites for hydroxylation is 1. The van der Waals surface area contributed by atoms with Crippen molar-refractivity contribution in [2.45, 2.75) is 12.8 Å². The van der Waals surface area contributed by atoms with Gasteiger partial charge in [-0.05, 0) is 25.1 Å². The van der Waals surface area contributed by atoms with Gasteiger partial charge in [0.25, 0.3) is 5.69 Å². The maximum Gasteiger partial charge on any atom is 0.269 e. The van der Waals surface area contributed by atoms with Crippen molar-refractivity contribution in [3.63, 3.8) is 0 Å². The molecule has 0 aliphatic rings. The zero-order chi connectivity index (χ0) is 13.0. The topological polar surface area (TPSA) is 108 Å². The zero-order valence-electron chi connectivity index (χ0n) is 9.57. The van der Waals surface area contributed by atoms with E-state index < -0.39 is 4.92 Å². The van der Waals surface area contributed by atoms with Crippen LogP contribution in [-0.4, -0.2) is 21.6 Å².